The number of anilines is 1. The molecule has 6 heteroatoms. The Kier molecular flexibility index (Phi) is 5.14. The van der Waals surface area contributed by atoms with Crippen molar-refractivity contribution in [2.45, 2.75) is 39.0 Å². The third-order valence-corrected chi connectivity index (χ3v) is 3.69. The van der Waals surface area contributed by atoms with E-state index in [1.807, 2.05) is 10.7 Å². The first-order valence-corrected chi connectivity index (χ1v) is 7.18. The number of hydrogen-bond acceptors (Lipinski definition) is 4. The van der Waals surface area contributed by atoms with Crippen LogP contribution in [0.5, 0.6) is 0 Å². The zero-order chi connectivity index (χ0) is 14.5. The predicted octanol–water partition coefficient (Wildman–Crippen LogP) is 1.11. The van der Waals surface area contributed by atoms with Gasteiger partial charge >= 0.3 is 0 Å². The maximum Gasteiger partial charge on any atom is 0.215 e. The smallest absolute Gasteiger partial charge is 0.215 e. The van der Waals surface area contributed by atoms with Crippen molar-refractivity contribution in [3.63, 3.8) is 0 Å². The van der Waals surface area contributed by atoms with E-state index in [1.165, 1.54) is 0 Å². The van der Waals surface area contributed by atoms with Crippen LogP contribution < -0.4 is 4.90 Å². The van der Waals surface area contributed by atoms with Gasteiger partial charge in [0.2, 0.25) is 6.41 Å². The zero-order valence-electron chi connectivity index (χ0n) is 12.6. The number of hydrogen-bond donors (Lipinski definition) is 0. The van der Waals surface area contributed by atoms with Crippen LogP contribution in [0.3, 0.4) is 0 Å². The molecule has 1 aliphatic rings. The Labute approximate surface area is 120 Å². The van der Waals surface area contributed by atoms with Gasteiger partial charge in [0.15, 0.2) is 0 Å². The average Bonchev–Trinajstić information content (AvgIpc) is 2.82. The molecule has 0 saturated carbocycles. The lowest BCUT2D eigenvalue weighted by molar-refractivity contribution is -0.107. The minimum Gasteiger partial charge on any atom is -0.379 e. The van der Waals surface area contributed by atoms with E-state index in [9.17, 15) is 4.79 Å². The van der Waals surface area contributed by atoms with Crippen molar-refractivity contribution in [2.75, 3.05) is 32.1 Å². The van der Waals surface area contributed by atoms with Crippen LogP contribution in [0.1, 0.15) is 25.5 Å². The highest BCUT2D eigenvalue weighted by Crippen LogP contribution is 2.19. The number of aromatic nitrogens is 2. The van der Waals surface area contributed by atoms with Crippen LogP contribution >= 0.6 is 0 Å². The molecule has 1 amide bonds. The molecule has 0 spiro atoms. The van der Waals surface area contributed by atoms with Crippen LogP contribution in [0.4, 0.5) is 5.82 Å². The Morgan fingerprint density at radius 1 is 1.55 bits per heavy atom. The van der Waals surface area contributed by atoms with E-state index in [4.69, 9.17) is 4.74 Å². The number of unbranched alkanes of at least 4 members (excludes halogenated alkanes) is 1. The summed E-state index contributed by atoms with van der Waals surface area (Å²) in [5.74, 6) is 0.868. The molecule has 0 atom stereocenters. The van der Waals surface area contributed by atoms with Crippen LogP contribution in [0.2, 0.25) is 0 Å². The van der Waals surface area contributed by atoms with Gasteiger partial charge in [-0.1, -0.05) is 13.3 Å². The first kappa shape index (κ1) is 15.0. The molecule has 1 fully saturated rings. The van der Waals surface area contributed by atoms with Gasteiger partial charge in [-0.15, -0.1) is 0 Å². The van der Waals surface area contributed by atoms with Gasteiger partial charge in [0.05, 0.1) is 11.8 Å². The highest BCUT2D eigenvalue weighted by atomic mass is 16.5. The fraction of sp³-hybridized carbons (Fsp3) is 0.714. The number of ether oxygens (including phenoxy) is 1. The summed E-state index contributed by atoms with van der Waals surface area (Å²) in [6.07, 6.45) is 3.36. The summed E-state index contributed by atoms with van der Waals surface area (Å²) < 4.78 is 7.20. The molecular weight excluding hydrogens is 256 g/mol. The summed E-state index contributed by atoms with van der Waals surface area (Å²) in [7, 11) is 3.51. The first-order valence-electron chi connectivity index (χ1n) is 7.18. The highest BCUT2D eigenvalue weighted by molar-refractivity contribution is 5.72. The lowest BCUT2D eigenvalue weighted by atomic mass is 10.1. The number of nitrogens with zero attached hydrogens (tertiary/aromatic N) is 4. The highest BCUT2D eigenvalue weighted by Gasteiger charge is 2.27. The van der Waals surface area contributed by atoms with E-state index in [1.54, 1.807) is 19.1 Å². The lowest BCUT2D eigenvalue weighted by Gasteiger charge is -2.37. The Bertz CT molecular complexity index is 440. The summed E-state index contributed by atoms with van der Waals surface area (Å²) in [6.45, 7) is 5.73. The van der Waals surface area contributed by atoms with Crippen LogP contribution in [0.25, 0.3) is 0 Å². The SMILES string of the molecule is CCCCn1nc(CN2CC(OC)C2)cc1N(C)C=O. The van der Waals surface area contributed by atoms with Gasteiger partial charge in [0, 0.05) is 46.4 Å². The Hall–Kier alpha value is -1.40. The second-order valence-corrected chi connectivity index (χ2v) is 5.34. The van der Waals surface area contributed by atoms with Crippen molar-refractivity contribution in [3.8, 4) is 0 Å². The third kappa shape index (κ3) is 3.37. The molecule has 0 aliphatic carbocycles. The van der Waals surface area contributed by atoms with Crippen molar-refractivity contribution >= 4 is 12.2 Å². The molecule has 0 N–H and O–H groups in total. The van der Waals surface area contributed by atoms with Crippen molar-refractivity contribution in [3.05, 3.63) is 11.8 Å². The van der Waals surface area contributed by atoms with Crippen LogP contribution in [-0.2, 0) is 22.6 Å². The Morgan fingerprint density at radius 3 is 2.90 bits per heavy atom. The number of amides is 1. The number of carbonyl (C=O) groups excluding carboxylic acids is 1. The number of aryl methyl sites for hydroxylation is 1. The van der Waals surface area contributed by atoms with Crippen LogP contribution in [0.15, 0.2) is 6.07 Å². The average molecular weight is 280 g/mol. The lowest BCUT2D eigenvalue weighted by Crippen LogP contribution is -2.50. The van der Waals surface area contributed by atoms with Gasteiger partial charge in [-0.3, -0.25) is 9.69 Å². The predicted molar refractivity (Wildman–Crippen MR) is 77.7 cm³/mol. The summed E-state index contributed by atoms with van der Waals surface area (Å²) in [4.78, 5) is 14.9. The van der Waals surface area contributed by atoms with E-state index in [-0.39, 0.29) is 0 Å². The standard InChI is InChI=1S/C14H24N4O2/c1-4-5-6-18-14(16(2)11-19)7-12(15-18)8-17-9-13(10-17)20-3/h7,11,13H,4-6,8-10H2,1-3H3. The van der Waals surface area contributed by atoms with Gasteiger partial charge in [-0.25, -0.2) is 4.68 Å². The van der Waals surface area contributed by atoms with Gasteiger partial charge in [-0.05, 0) is 6.42 Å². The molecule has 1 aromatic heterocycles. The second-order valence-electron chi connectivity index (χ2n) is 5.34. The van der Waals surface area contributed by atoms with Crippen molar-refractivity contribution in [1.29, 1.82) is 0 Å². The minimum atomic E-state index is 0.356. The quantitative estimate of drug-likeness (QED) is 0.669. The van der Waals surface area contributed by atoms with Gasteiger partial charge < -0.3 is 9.64 Å². The molecule has 1 aromatic rings. The Morgan fingerprint density at radius 2 is 2.30 bits per heavy atom. The molecule has 1 saturated heterocycles. The van der Waals surface area contributed by atoms with E-state index in [0.717, 1.165) is 56.9 Å². The van der Waals surface area contributed by atoms with Crippen LogP contribution in [-0.4, -0.2) is 54.4 Å². The van der Waals surface area contributed by atoms with Gasteiger partial charge in [0.25, 0.3) is 0 Å². The third-order valence-electron chi connectivity index (χ3n) is 3.69. The van der Waals surface area contributed by atoms with E-state index >= 15 is 0 Å². The van der Waals surface area contributed by atoms with Crippen molar-refractivity contribution < 1.29 is 9.53 Å². The minimum absolute atomic E-state index is 0.356. The number of methoxy groups -OCH3 is 1. The molecule has 0 unspecified atom stereocenters. The molecule has 6 nitrogen and oxygen atoms in total. The van der Waals surface area contributed by atoms with Crippen molar-refractivity contribution in [2.24, 2.45) is 0 Å². The molecule has 0 radical (unpaired) electrons. The normalized spacial score (nSPS) is 16.1. The summed E-state index contributed by atoms with van der Waals surface area (Å²) >= 11 is 0. The molecule has 1 aliphatic heterocycles. The molecule has 0 bridgehead atoms. The van der Waals surface area contributed by atoms with E-state index < -0.39 is 0 Å². The topological polar surface area (TPSA) is 50.6 Å². The molecule has 20 heavy (non-hydrogen) atoms. The monoisotopic (exact) mass is 280 g/mol. The Balaban J connectivity index is 2.02. The van der Waals surface area contributed by atoms with Crippen LogP contribution in [0, 0.1) is 0 Å². The second kappa shape index (κ2) is 6.85. The van der Waals surface area contributed by atoms with Gasteiger partial charge in [0.1, 0.15) is 5.82 Å². The van der Waals surface area contributed by atoms with Crippen molar-refractivity contribution in [1.82, 2.24) is 14.7 Å². The summed E-state index contributed by atoms with van der Waals surface area (Å²) in [5.41, 5.74) is 1.01. The fourth-order valence-electron chi connectivity index (χ4n) is 2.38. The van der Waals surface area contributed by atoms with E-state index in [0.29, 0.717) is 6.10 Å². The first-order chi connectivity index (χ1) is 9.67. The summed E-state index contributed by atoms with van der Waals surface area (Å²) in [6, 6.07) is 2.00. The molecule has 2 rings (SSSR count). The van der Waals surface area contributed by atoms with Gasteiger partial charge in [-0.2, -0.15) is 5.10 Å². The molecule has 2 heterocycles. The molecular formula is C14H24N4O2. The number of rotatable bonds is 8. The number of likely N-dealkylation sites (tertiary alicyclic amines) is 1. The maximum atomic E-state index is 11.0. The largest absolute Gasteiger partial charge is 0.379 e. The fourth-order valence-corrected chi connectivity index (χ4v) is 2.38. The molecule has 112 valence electrons. The number of carbonyl (C=O) groups is 1. The summed E-state index contributed by atoms with van der Waals surface area (Å²) in [5, 5.41) is 4.62. The maximum absolute atomic E-state index is 11.0. The van der Waals surface area contributed by atoms with E-state index in [2.05, 4.69) is 16.9 Å². The zero-order valence-corrected chi connectivity index (χ0v) is 12.6. The molecule has 0 aromatic carbocycles.